The van der Waals surface area contributed by atoms with Gasteiger partial charge in [-0.25, -0.2) is 0 Å². The zero-order valence-electron chi connectivity index (χ0n) is 20.1. The number of aliphatic hydroxyl groups excluding tert-OH is 2. The van der Waals surface area contributed by atoms with E-state index in [1.54, 1.807) is 6.08 Å². The largest absolute Gasteiger partial charge is 0.394 e. The van der Waals surface area contributed by atoms with Gasteiger partial charge in [-0.3, -0.25) is 0 Å². The summed E-state index contributed by atoms with van der Waals surface area (Å²) in [4.78, 5) is 0. The van der Waals surface area contributed by atoms with Crippen LogP contribution >= 0.6 is 12.2 Å². The van der Waals surface area contributed by atoms with E-state index in [-0.39, 0.29) is 6.61 Å². The Bertz CT molecular complexity index is 595. The third-order valence-corrected chi connectivity index (χ3v) is 6.04. The third-order valence-electron chi connectivity index (χ3n) is 5.78. The van der Waals surface area contributed by atoms with Crippen molar-refractivity contribution in [3.8, 4) is 0 Å². The van der Waals surface area contributed by atoms with Crippen molar-refractivity contribution in [2.24, 2.45) is 0 Å². The fraction of sp³-hybridized carbons (Fsp3) is 0.667. The molecule has 0 aromatic heterocycles. The van der Waals surface area contributed by atoms with Gasteiger partial charge in [0.1, 0.15) is 0 Å². The van der Waals surface area contributed by atoms with Crippen molar-refractivity contribution in [2.75, 3.05) is 13.2 Å². The first-order valence-electron chi connectivity index (χ1n) is 12.7. The Morgan fingerprint density at radius 1 is 0.938 bits per heavy atom. The summed E-state index contributed by atoms with van der Waals surface area (Å²) >= 11 is 5.30. The van der Waals surface area contributed by atoms with Crippen LogP contribution in [0, 0.1) is 0 Å². The number of hydrogen-bond donors (Lipinski definition) is 4. The zero-order chi connectivity index (χ0) is 23.3. The number of thiocarbonyl (C=S) groups is 1. The van der Waals surface area contributed by atoms with Crippen molar-refractivity contribution in [3.63, 3.8) is 0 Å². The van der Waals surface area contributed by atoms with Crippen molar-refractivity contribution in [1.82, 2.24) is 10.6 Å². The second-order valence-electron chi connectivity index (χ2n) is 8.67. The van der Waals surface area contributed by atoms with Crippen LogP contribution in [-0.2, 0) is 6.42 Å². The Kier molecular flexibility index (Phi) is 18.1. The summed E-state index contributed by atoms with van der Waals surface area (Å²) < 4.78 is 0. The average molecular weight is 463 g/mol. The van der Waals surface area contributed by atoms with Crippen LogP contribution in [0.1, 0.15) is 89.5 Å². The summed E-state index contributed by atoms with van der Waals surface area (Å²) in [6.45, 7) is 2.79. The van der Waals surface area contributed by atoms with Gasteiger partial charge in [0.2, 0.25) is 0 Å². The lowest BCUT2D eigenvalue weighted by Gasteiger charge is -2.22. The molecule has 0 heterocycles. The molecule has 0 amide bonds. The molecular formula is C27H46N2O2S. The number of aliphatic hydroxyl groups is 2. The van der Waals surface area contributed by atoms with Crippen molar-refractivity contribution in [2.45, 2.75) is 103 Å². The number of unbranched alkanes of at least 4 members (excludes halogenated alkanes) is 11. The minimum atomic E-state index is -0.762. The minimum absolute atomic E-state index is 0.176. The van der Waals surface area contributed by atoms with E-state index < -0.39 is 12.1 Å². The molecule has 0 bridgehead atoms. The summed E-state index contributed by atoms with van der Waals surface area (Å²) in [6.07, 6.45) is 19.6. The van der Waals surface area contributed by atoms with E-state index in [1.807, 2.05) is 24.3 Å². The summed E-state index contributed by atoms with van der Waals surface area (Å²) in [5, 5.41) is 26.6. The Morgan fingerprint density at radius 2 is 1.53 bits per heavy atom. The number of nitrogens with one attached hydrogen (secondary N) is 2. The molecule has 1 aromatic rings. The van der Waals surface area contributed by atoms with Gasteiger partial charge in [0.15, 0.2) is 5.11 Å². The van der Waals surface area contributed by atoms with E-state index >= 15 is 0 Å². The monoisotopic (exact) mass is 462 g/mol. The Hall–Kier alpha value is -1.43. The molecule has 0 fully saturated rings. The molecule has 0 saturated carbocycles. The highest BCUT2D eigenvalue weighted by atomic mass is 32.1. The van der Waals surface area contributed by atoms with Gasteiger partial charge in [0.25, 0.3) is 0 Å². The molecule has 0 spiro atoms. The van der Waals surface area contributed by atoms with Gasteiger partial charge >= 0.3 is 0 Å². The maximum absolute atomic E-state index is 10.3. The molecule has 0 aliphatic carbocycles. The summed E-state index contributed by atoms with van der Waals surface area (Å²) in [5.74, 6) is 0. The van der Waals surface area contributed by atoms with Crippen molar-refractivity contribution >= 4 is 17.3 Å². The lowest BCUT2D eigenvalue weighted by atomic mass is 10.0. The van der Waals surface area contributed by atoms with E-state index in [4.69, 9.17) is 12.2 Å². The highest BCUT2D eigenvalue weighted by Gasteiger charge is 2.16. The van der Waals surface area contributed by atoms with Crippen LogP contribution in [0.15, 0.2) is 42.5 Å². The standard InChI is InChI=1S/C27H46N2O2S/c1-2-3-4-5-6-7-8-9-10-11-12-13-17-20-26(31)25(23-30)29-27(32)28-22-21-24-18-15-14-16-19-24/h14-20,25-26,30-31H,2-13,21-23H2,1H3,(H2,28,29,32)/b20-17+/t25-,26+/m0/s1. The molecule has 0 aliphatic rings. The summed E-state index contributed by atoms with van der Waals surface area (Å²) in [6, 6.07) is 9.71. The highest BCUT2D eigenvalue weighted by molar-refractivity contribution is 7.80. The molecule has 0 saturated heterocycles. The molecule has 1 aromatic carbocycles. The smallest absolute Gasteiger partial charge is 0.166 e. The molecule has 4 N–H and O–H groups in total. The fourth-order valence-corrected chi connectivity index (χ4v) is 3.97. The Balaban J connectivity index is 2.06. The van der Waals surface area contributed by atoms with E-state index in [2.05, 4.69) is 29.7 Å². The number of benzene rings is 1. The van der Waals surface area contributed by atoms with Gasteiger partial charge in [0.05, 0.1) is 18.8 Å². The molecule has 0 aliphatic heterocycles. The van der Waals surface area contributed by atoms with Gasteiger partial charge in [-0.05, 0) is 37.0 Å². The fourth-order valence-electron chi connectivity index (χ4n) is 3.72. The maximum Gasteiger partial charge on any atom is 0.166 e. The second-order valence-corrected chi connectivity index (χ2v) is 9.08. The van der Waals surface area contributed by atoms with Crippen molar-refractivity contribution in [1.29, 1.82) is 0 Å². The van der Waals surface area contributed by atoms with E-state index in [0.717, 1.165) is 19.3 Å². The van der Waals surface area contributed by atoms with Crippen molar-refractivity contribution < 1.29 is 10.2 Å². The van der Waals surface area contributed by atoms with E-state index in [9.17, 15) is 10.2 Å². The number of rotatable bonds is 19. The third kappa shape index (κ3) is 15.4. The quantitative estimate of drug-likeness (QED) is 0.121. The SMILES string of the molecule is CCCCCCCCCCCCC/C=C/[C@@H](O)[C@H](CO)NC(=S)NCCc1ccccc1. The molecule has 4 nitrogen and oxygen atoms in total. The molecule has 1 rings (SSSR count). The van der Waals surface area contributed by atoms with E-state index in [0.29, 0.717) is 11.7 Å². The van der Waals surface area contributed by atoms with Gasteiger partial charge in [0, 0.05) is 6.54 Å². The van der Waals surface area contributed by atoms with Crippen LogP contribution < -0.4 is 10.6 Å². The van der Waals surface area contributed by atoms with Crippen LogP contribution in [0.4, 0.5) is 0 Å². The molecule has 0 radical (unpaired) electrons. The highest BCUT2D eigenvalue weighted by Crippen LogP contribution is 2.12. The molecule has 182 valence electrons. The first-order valence-corrected chi connectivity index (χ1v) is 13.1. The molecule has 5 heteroatoms. The molecule has 32 heavy (non-hydrogen) atoms. The molecule has 0 unspecified atom stereocenters. The van der Waals surface area contributed by atoms with Crippen LogP contribution in [0.5, 0.6) is 0 Å². The lowest BCUT2D eigenvalue weighted by molar-refractivity contribution is 0.133. The number of hydrogen-bond acceptors (Lipinski definition) is 3. The number of allylic oxidation sites excluding steroid dienone is 1. The van der Waals surface area contributed by atoms with Gasteiger partial charge in [-0.2, -0.15) is 0 Å². The summed E-state index contributed by atoms with van der Waals surface area (Å²) in [7, 11) is 0. The first kappa shape index (κ1) is 28.6. The van der Waals surface area contributed by atoms with Crippen LogP contribution in [0.3, 0.4) is 0 Å². The van der Waals surface area contributed by atoms with Gasteiger partial charge in [-0.15, -0.1) is 0 Å². The molecular weight excluding hydrogens is 416 g/mol. The predicted molar refractivity (Wildman–Crippen MR) is 141 cm³/mol. The Labute approximate surface area is 201 Å². The lowest BCUT2D eigenvalue weighted by Crippen LogP contribution is -2.49. The van der Waals surface area contributed by atoms with E-state index in [1.165, 1.54) is 69.8 Å². The van der Waals surface area contributed by atoms with Gasteiger partial charge < -0.3 is 20.8 Å². The first-order chi connectivity index (χ1) is 15.7. The van der Waals surface area contributed by atoms with Crippen molar-refractivity contribution in [3.05, 3.63) is 48.0 Å². The van der Waals surface area contributed by atoms with Gasteiger partial charge in [-0.1, -0.05) is 114 Å². The topological polar surface area (TPSA) is 64.5 Å². The molecule has 2 atom stereocenters. The average Bonchev–Trinajstić information content (AvgIpc) is 2.81. The van der Waals surface area contributed by atoms with Crippen LogP contribution in [0.25, 0.3) is 0 Å². The zero-order valence-corrected chi connectivity index (χ0v) is 20.9. The summed E-state index contributed by atoms with van der Waals surface area (Å²) in [5.41, 5.74) is 1.24. The normalized spacial score (nSPS) is 13.2. The predicted octanol–water partition coefficient (Wildman–Crippen LogP) is 5.67. The minimum Gasteiger partial charge on any atom is -0.394 e. The second kappa shape index (κ2) is 20.2. The van der Waals surface area contributed by atoms with Crippen LogP contribution in [0.2, 0.25) is 0 Å². The Morgan fingerprint density at radius 3 is 2.12 bits per heavy atom. The van der Waals surface area contributed by atoms with Crippen LogP contribution in [-0.4, -0.2) is 40.6 Å². The maximum atomic E-state index is 10.3.